The third kappa shape index (κ3) is 2.78. The van der Waals surface area contributed by atoms with Crippen LogP contribution in [0.1, 0.15) is 5.56 Å². The second-order valence-corrected chi connectivity index (χ2v) is 3.06. The van der Waals surface area contributed by atoms with Gasteiger partial charge in [-0.2, -0.15) is 10.4 Å². The van der Waals surface area contributed by atoms with Gasteiger partial charge in [-0.1, -0.05) is 0 Å². The van der Waals surface area contributed by atoms with Crippen molar-refractivity contribution in [2.75, 3.05) is 5.43 Å². The van der Waals surface area contributed by atoms with Gasteiger partial charge in [-0.05, 0) is 30.7 Å². The molecule has 16 heavy (non-hydrogen) atoms. The summed E-state index contributed by atoms with van der Waals surface area (Å²) in [4.78, 5) is 0. The molecule has 0 spiro atoms. The summed E-state index contributed by atoms with van der Waals surface area (Å²) in [5.41, 5.74) is 8.63. The van der Waals surface area contributed by atoms with E-state index in [2.05, 4.69) is 10.5 Å². The van der Waals surface area contributed by atoms with Crippen molar-refractivity contribution >= 4 is 17.2 Å². The molecule has 0 heterocycles. The first-order chi connectivity index (χ1) is 7.54. The van der Waals surface area contributed by atoms with E-state index >= 15 is 0 Å². The number of hydrazone groups is 1. The van der Waals surface area contributed by atoms with Crippen LogP contribution < -0.4 is 11.2 Å². The van der Waals surface area contributed by atoms with Gasteiger partial charge in [-0.3, -0.25) is 10.8 Å². The molecule has 0 unspecified atom stereocenters. The summed E-state index contributed by atoms with van der Waals surface area (Å²) < 4.78 is 12.8. The van der Waals surface area contributed by atoms with Gasteiger partial charge >= 0.3 is 0 Å². The summed E-state index contributed by atoms with van der Waals surface area (Å²) in [6, 6.07) is 5.76. The minimum atomic E-state index is -0.422. The number of aryl methyl sites for hydroxylation is 1. The number of anilines is 1. The molecule has 0 saturated heterocycles. The van der Waals surface area contributed by atoms with Crippen LogP contribution in [0.4, 0.5) is 10.1 Å². The highest BCUT2D eigenvalue weighted by Crippen LogP contribution is 2.15. The molecule has 0 radical (unpaired) electrons. The molecule has 0 saturated carbocycles. The molecule has 0 aromatic heterocycles. The van der Waals surface area contributed by atoms with Crippen molar-refractivity contribution in [3.8, 4) is 6.07 Å². The van der Waals surface area contributed by atoms with Crippen LogP contribution in [-0.2, 0) is 0 Å². The number of nitrogens with one attached hydrogen (secondary N) is 2. The molecule has 4 N–H and O–H groups in total. The Hall–Kier alpha value is -2.42. The minimum absolute atomic E-state index is 0.219. The van der Waals surface area contributed by atoms with E-state index in [1.54, 1.807) is 13.0 Å². The summed E-state index contributed by atoms with van der Waals surface area (Å²) in [6.45, 7) is 1.70. The fourth-order valence-electron chi connectivity index (χ4n) is 1.01. The molecule has 5 nitrogen and oxygen atoms in total. The normalized spacial score (nSPS) is 10.7. The number of nitrogens with zero attached hydrogens (tertiary/aromatic N) is 2. The third-order valence-corrected chi connectivity index (χ3v) is 1.84. The maximum Gasteiger partial charge on any atom is 0.201 e. The lowest BCUT2D eigenvalue weighted by Gasteiger charge is -2.04. The third-order valence-electron chi connectivity index (χ3n) is 1.84. The van der Waals surface area contributed by atoms with Crippen LogP contribution in [0.5, 0.6) is 0 Å². The summed E-state index contributed by atoms with van der Waals surface area (Å²) in [5, 5.41) is 19.3. The fraction of sp³-hybridized carbons (Fsp3) is 0.100. The zero-order valence-electron chi connectivity index (χ0n) is 8.58. The predicted molar refractivity (Wildman–Crippen MR) is 59.7 cm³/mol. The molecular weight excluding hydrogens is 209 g/mol. The van der Waals surface area contributed by atoms with E-state index in [0.717, 1.165) is 0 Å². The number of nitriles is 1. The SMILES string of the molecule is Cc1cc(F)ccc1N/N=C(\C#N)C(=N)N. The van der Waals surface area contributed by atoms with Crippen molar-refractivity contribution < 1.29 is 4.39 Å². The van der Waals surface area contributed by atoms with Crippen molar-refractivity contribution in [3.63, 3.8) is 0 Å². The molecule has 0 aliphatic carbocycles. The summed E-state index contributed by atoms with van der Waals surface area (Å²) in [6.07, 6.45) is 0. The first kappa shape index (κ1) is 11.7. The minimum Gasteiger partial charge on any atom is -0.382 e. The first-order valence-electron chi connectivity index (χ1n) is 4.39. The maximum absolute atomic E-state index is 12.8. The lowest BCUT2D eigenvalue weighted by atomic mass is 10.2. The van der Waals surface area contributed by atoms with Gasteiger partial charge in [0.15, 0.2) is 5.84 Å². The standard InChI is InChI=1S/C10H10FN5/c1-6-4-7(11)2-3-8(6)15-16-9(5-12)10(13)14/h2-4,15H,1H3,(H3,13,14)/b16-9+. The zero-order valence-corrected chi connectivity index (χ0v) is 8.58. The molecular formula is C10H10FN5. The van der Waals surface area contributed by atoms with Crippen molar-refractivity contribution in [2.24, 2.45) is 10.8 Å². The Balaban J connectivity index is 2.90. The smallest absolute Gasteiger partial charge is 0.201 e. The maximum atomic E-state index is 12.8. The number of amidine groups is 1. The molecule has 6 heteroatoms. The van der Waals surface area contributed by atoms with Crippen molar-refractivity contribution in [2.45, 2.75) is 6.92 Å². The van der Waals surface area contributed by atoms with E-state index in [-0.39, 0.29) is 11.5 Å². The van der Waals surface area contributed by atoms with Crippen LogP contribution in [0.2, 0.25) is 0 Å². The van der Waals surface area contributed by atoms with Gasteiger partial charge in [-0.15, -0.1) is 0 Å². The molecule has 1 rings (SSSR count). The Morgan fingerprint density at radius 2 is 2.31 bits per heavy atom. The molecule has 0 aliphatic rings. The summed E-state index contributed by atoms with van der Waals surface area (Å²) >= 11 is 0. The van der Waals surface area contributed by atoms with Gasteiger partial charge in [0.2, 0.25) is 5.71 Å². The van der Waals surface area contributed by atoms with E-state index in [4.69, 9.17) is 16.4 Å². The molecule has 0 bridgehead atoms. The van der Waals surface area contributed by atoms with Gasteiger partial charge < -0.3 is 5.73 Å². The lowest BCUT2D eigenvalue weighted by molar-refractivity contribution is 0.627. The second kappa shape index (κ2) is 4.89. The van der Waals surface area contributed by atoms with Crippen molar-refractivity contribution in [1.82, 2.24) is 0 Å². The molecule has 0 fully saturated rings. The molecule has 1 aromatic rings. The second-order valence-electron chi connectivity index (χ2n) is 3.06. The molecule has 0 aliphatic heterocycles. The van der Waals surface area contributed by atoms with Crippen LogP contribution >= 0.6 is 0 Å². The van der Waals surface area contributed by atoms with E-state index in [1.807, 2.05) is 0 Å². The number of rotatable bonds is 3. The highest BCUT2D eigenvalue weighted by molar-refractivity contribution is 6.45. The lowest BCUT2D eigenvalue weighted by Crippen LogP contribution is -2.21. The average molecular weight is 219 g/mol. The topological polar surface area (TPSA) is 98.0 Å². The molecule has 0 atom stereocenters. The predicted octanol–water partition coefficient (Wildman–Crippen LogP) is 1.36. The van der Waals surface area contributed by atoms with Gasteiger partial charge in [0.1, 0.15) is 11.9 Å². The highest BCUT2D eigenvalue weighted by atomic mass is 19.1. The van der Waals surface area contributed by atoms with Crippen LogP contribution in [0.15, 0.2) is 23.3 Å². The number of halogens is 1. The quantitative estimate of drug-likeness (QED) is 0.406. The largest absolute Gasteiger partial charge is 0.382 e. The van der Waals surface area contributed by atoms with Gasteiger partial charge in [-0.25, -0.2) is 4.39 Å². The monoisotopic (exact) mass is 219 g/mol. The van der Waals surface area contributed by atoms with Gasteiger partial charge in [0, 0.05) is 0 Å². The van der Waals surface area contributed by atoms with Gasteiger partial charge in [0.05, 0.1) is 5.69 Å². The number of benzene rings is 1. The summed E-state index contributed by atoms with van der Waals surface area (Å²) in [7, 11) is 0. The Morgan fingerprint density at radius 1 is 1.62 bits per heavy atom. The van der Waals surface area contributed by atoms with Crippen LogP contribution in [0.3, 0.4) is 0 Å². The Morgan fingerprint density at radius 3 is 2.81 bits per heavy atom. The van der Waals surface area contributed by atoms with Crippen LogP contribution in [0.25, 0.3) is 0 Å². The number of nitrogens with two attached hydrogens (primary N) is 1. The van der Waals surface area contributed by atoms with Crippen molar-refractivity contribution in [3.05, 3.63) is 29.6 Å². The highest BCUT2D eigenvalue weighted by Gasteiger charge is 2.02. The summed E-state index contributed by atoms with van der Waals surface area (Å²) in [5.74, 6) is -0.770. The van der Waals surface area contributed by atoms with E-state index in [0.29, 0.717) is 11.3 Å². The molecule has 0 amide bonds. The van der Waals surface area contributed by atoms with Crippen LogP contribution in [0, 0.1) is 29.5 Å². The van der Waals surface area contributed by atoms with Crippen LogP contribution in [-0.4, -0.2) is 11.5 Å². The fourth-order valence-corrected chi connectivity index (χ4v) is 1.01. The Labute approximate surface area is 91.9 Å². The first-order valence-corrected chi connectivity index (χ1v) is 4.39. The number of hydrogen-bond acceptors (Lipinski definition) is 4. The Bertz CT molecular complexity index is 486. The molecule has 1 aromatic carbocycles. The zero-order chi connectivity index (χ0) is 12.1. The van der Waals surface area contributed by atoms with E-state index in [9.17, 15) is 4.39 Å². The van der Waals surface area contributed by atoms with Gasteiger partial charge in [0.25, 0.3) is 0 Å². The van der Waals surface area contributed by atoms with E-state index in [1.165, 1.54) is 18.2 Å². The molecule has 82 valence electrons. The number of hydrogen-bond donors (Lipinski definition) is 3. The van der Waals surface area contributed by atoms with E-state index < -0.39 is 5.84 Å². The average Bonchev–Trinajstić information content (AvgIpc) is 2.21. The van der Waals surface area contributed by atoms with Crippen molar-refractivity contribution in [1.29, 1.82) is 10.7 Å². The Kier molecular flexibility index (Phi) is 3.56.